The molecule has 3 amide bonds. The van der Waals surface area contributed by atoms with Gasteiger partial charge >= 0.3 is 0 Å². The molecule has 0 saturated carbocycles. The normalized spacial score (nSPS) is 17.5. The number of benzene rings is 1. The zero-order chi connectivity index (χ0) is 32.3. The maximum atomic E-state index is 12.7. The molecule has 1 fully saturated rings. The molecule has 0 bridgehead atoms. The third-order valence-electron chi connectivity index (χ3n) is 7.58. The molecule has 1 aromatic rings. The molecular formula is C36H57N3O5. The molecule has 1 heterocycles. The minimum absolute atomic E-state index is 0.0247. The van der Waals surface area contributed by atoms with E-state index >= 15 is 0 Å². The quantitative estimate of drug-likeness (QED) is 0.102. The Morgan fingerprint density at radius 3 is 2.07 bits per heavy atom. The Bertz CT molecular complexity index is 1080. The van der Waals surface area contributed by atoms with E-state index in [0.717, 1.165) is 32.1 Å². The van der Waals surface area contributed by atoms with Gasteiger partial charge in [0.25, 0.3) is 0 Å². The van der Waals surface area contributed by atoms with Crippen molar-refractivity contribution < 1.29 is 23.9 Å². The lowest BCUT2D eigenvalue weighted by atomic mass is 9.85. The van der Waals surface area contributed by atoms with Crippen LogP contribution in [-0.2, 0) is 23.9 Å². The van der Waals surface area contributed by atoms with Gasteiger partial charge < -0.3 is 25.4 Å². The van der Waals surface area contributed by atoms with Gasteiger partial charge in [0, 0.05) is 36.2 Å². The lowest BCUT2D eigenvalue weighted by Crippen LogP contribution is -2.56. The van der Waals surface area contributed by atoms with Gasteiger partial charge in [-0.2, -0.15) is 0 Å². The number of amides is 3. The van der Waals surface area contributed by atoms with Gasteiger partial charge in [-0.05, 0) is 70.6 Å². The highest BCUT2D eigenvalue weighted by molar-refractivity contribution is 5.94. The van der Waals surface area contributed by atoms with Crippen LogP contribution in [-0.4, -0.2) is 42.8 Å². The van der Waals surface area contributed by atoms with E-state index in [-0.39, 0.29) is 30.7 Å². The van der Waals surface area contributed by atoms with Crippen LogP contribution in [0.3, 0.4) is 0 Å². The van der Waals surface area contributed by atoms with Crippen LogP contribution in [0.25, 0.3) is 0 Å². The molecule has 3 N–H and O–H groups in total. The SMILES string of the molecule is CCCCCC=CCC=CCCCCCCCC(=O)Nc1cccc(NC(=O)CCNC(=O)C2OC(C)(C)OCC2(C)C)c1. The van der Waals surface area contributed by atoms with Gasteiger partial charge in [-0.1, -0.05) is 83.2 Å². The summed E-state index contributed by atoms with van der Waals surface area (Å²) >= 11 is 0. The Kier molecular flexibility index (Phi) is 17.0. The summed E-state index contributed by atoms with van der Waals surface area (Å²) in [7, 11) is 0. The second-order valence-electron chi connectivity index (χ2n) is 12.9. The van der Waals surface area contributed by atoms with Crippen LogP contribution >= 0.6 is 0 Å². The van der Waals surface area contributed by atoms with Crippen molar-refractivity contribution in [3.05, 3.63) is 48.6 Å². The number of ether oxygens (including phenoxy) is 2. The third-order valence-corrected chi connectivity index (χ3v) is 7.58. The highest BCUT2D eigenvalue weighted by atomic mass is 16.7. The monoisotopic (exact) mass is 611 g/mol. The molecule has 1 atom stereocenters. The van der Waals surface area contributed by atoms with Crippen molar-refractivity contribution in [3.8, 4) is 0 Å². The van der Waals surface area contributed by atoms with E-state index in [1.165, 1.54) is 38.5 Å². The first-order chi connectivity index (χ1) is 21.0. The number of carbonyl (C=O) groups is 3. The highest BCUT2D eigenvalue weighted by Crippen LogP contribution is 2.34. The van der Waals surface area contributed by atoms with Gasteiger partial charge in [0.1, 0.15) is 6.10 Å². The average molecular weight is 612 g/mol. The van der Waals surface area contributed by atoms with Crippen LogP contribution < -0.4 is 16.0 Å². The molecule has 0 spiro atoms. The summed E-state index contributed by atoms with van der Waals surface area (Å²) in [5.74, 6) is -1.35. The fourth-order valence-corrected chi connectivity index (χ4v) is 4.93. The van der Waals surface area contributed by atoms with Crippen molar-refractivity contribution in [1.82, 2.24) is 5.32 Å². The van der Waals surface area contributed by atoms with Crippen LogP contribution in [0.5, 0.6) is 0 Å². The molecule has 8 nitrogen and oxygen atoms in total. The topological polar surface area (TPSA) is 106 Å². The van der Waals surface area contributed by atoms with E-state index in [4.69, 9.17) is 9.47 Å². The van der Waals surface area contributed by atoms with E-state index in [1.807, 2.05) is 13.8 Å². The number of hydrogen-bond donors (Lipinski definition) is 3. The molecule has 1 saturated heterocycles. The smallest absolute Gasteiger partial charge is 0.249 e. The summed E-state index contributed by atoms with van der Waals surface area (Å²) in [6.07, 6.45) is 21.7. The van der Waals surface area contributed by atoms with Crippen LogP contribution in [0, 0.1) is 5.41 Å². The minimum Gasteiger partial charge on any atom is -0.353 e. The molecule has 1 aliphatic heterocycles. The van der Waals surface area contributed by atoms with Crippen molar-refractivity contribution in [2.24, 2.45) is 5.41 Å². The van der Waals surface area contributed by atoms with Gasteiger partial charge in [-0.25, -0.2) is 0 Å². The van der Waals surface area contributed by atoms with Gasteiger partial charge in [0.05, 0.1) is 6.61 Å². The summed E-state index contributed by atoms with van der Waals surface area (Å²) in [5.41, 5.74) is 0.756. The molecule has 44 heavy (non-hydrogen) atoms. The first-order valence-electron chi connectivity index (χ1n) is 16.6. The van der Waals surface area contributed by atoms with Gasteiger partial charge in [-0.3, -0.25) is 14.4 Å². The molecular weight excluding hydrogens is 554 g/mol. The third kappa shape index (κ3) is 15.7. The van der Waals surface area contributed by atoms with Gasteiger partial charge in [0.15, 0.2) is 5.79 Å². The van der Waals surface area contributed by atoms with E-state index in [9.17, 15) is 14.4 Å². The van der Waals surface area contributed by atoms with E-state index in [2.05, 4.69) is 47.2 Å². The standard InChI is InChI=1S/C36H57N3O5/c1-6-7-8-9-10-11-12-13-14-15-16-17-18-19-20-24-31(40)38-29-22-21-23-30(27-29)39-32(41)25-26-37-34(42)33-35(2,3)28-43-36(4,5)44-33/h10-11,13-14,21-23,27,33H,6-9,12,15-20,24-26,28H2,1-5H3,(H,37,42)(H,38,40)(H,39,41). The molecule has 1 aromatic carbocycles. The average Bonchev–Trinajstić information content (AvgIpc) is 2.96. The minimum atomic E-state index is -0.836. The number of anilines is 2. The number of carbonyl (C=O) groups excluding carboxylic acids is 3. The summed E-state index contributed by atoms with van der Waals surface area (Å²) < 4.78 is 11.5. The van der Waals surface area contributed by atoms with Crippen LogP contribution in [0.2, 0.25) is 0 Å². The Balaban J connectivity index is 1.57. The molecule has 1 aliphatic rings. The van der Waals surface area contributed by atoms with E-state index < -0.39 is 17.3 Å². The zero-order valence-corrected chi connectivity index (χ0v) is 27.8. The van der Waals surface area contributed by atoms with Crippen molar-refractivity contribution in [2.75, 3.05) is 23.8 Å². The summed E-state index contributed by atoms with van der Waals surface area (Å²) in [6.45, 7) is 10.2. The van der Waals surface area contributed by atoms with E-state index in [0.29, 0.717) is 24.4 Å². The molecule has 8 heteroatoms. The lowest BCUT2D eigenvalue weighted by Gasteiger charge is -2.44. The fraction of sp³-hybridized carbons (Fsp3) is 0.639. The Hall–Kier alpha value is -2.97. The lowest BCUT2D eigenvalue weighted by molar-refractivity contribution is -0.304. The number of unbranched alkanes of at least 4 members (excludes halogenated alkanes) is 8. The van der Waals surface area contributed by atoms with Crippen LogP contribution in [0.4, 0.5) is 11.4 Å². The number of rotatable bonds is 20. The predicted octanol–water partition coefficient (Wildman–Crippen LogP) is 8.06. The summed E-state index contributed by atoms with van der Waals surface area (Å²) in [5, 5.41) is 8.58. The summed E-state index contributed by atoms with van der Waals surface area (Å²) in [6, 6.07) is 7.11. The van der Waals surface area contributed by atoms with Crippen LogP contribution in [0.1, 0.15) is 118 Å². The molecule has 246 valence electrons. The van der Waals surface area contributed by atoms with E-state index in [1.54, 1.807) is 38.1 Å². The molecule has 2 rings (SSSR count). The van der Waals surface area contributed by atoms with Crippen molar-refractivity contribution in [2.45, 2.75) is 130 Å². The number of nitrogens with one attached hydrogen (secondary N) is 3. The maximum Gasteiger partial charge on any atom is 0.249 e. The molecule has 0 radical (unpaired) electrons. The maximum absolute atomic E-state index is 12.7. The Labute approximate surface area is 265 Å². The first-order valence-corrected chi connectivity index (χ1v) is 16.6. The van der Waals surface area contributed by atoms with Crippen LogP contribution in [0.15, 0.2) is 48.6 Å². The Morgan fingerprint density at radius 1 is 0.818 bits per heavy atom. The largest absolute Gasteiger partial charge is 0.353 e. The second kappa shape index (κ2) is 20.1. The zero-order valence-electron chi connectivity index (χ0n) is 27.8. The molecule has 1 unspecified atom stereocenters. The molecule has 0 aromatic heterocycles. The van der Waals surface area contributed by atoms with Crippen molar-refractivity contribution in [1.29, 1.82) is 0 Å². The predicted molar refractivity (Wildman–Crippen MR) is 179 cm³/mol. The second-order valence-corrected chi connectivity index (χ2v) is 12.9. The number of allylic oxidation sites excluding steroid dienone is 4. The number of hydrogen-bond acceptors (Lipinski definition) is 5. The summed E-state index contributed by atoms with van der Waals surface area (Å²) in [4.78, 5) is 37.7. The Morgan fingerprint density at radius 2 is 1.41 bits per heavy atom. The van der Waals surface area contributed by atoms with Gasteiger partial charge in [0.2, 0.25) is 17.7 Å². The van der Waals surface area contributed by atoms with Crippen molar-refractivity contribution >= 4 is 29.1 Å². The van der Waals surface area contributed by atoms with Crippen molar-refractivity contribution in [3.63, 3.8) is 0 Å². The first kappa shape index (κ1) is 37.2. The fourth-order valence-electron chi connectivity index (χ4n) is 4.93. The van der Waals surface area contributed by atoms with Gasteiger partial charge in [-0.15, -0.1) is 0 Å². The highest BCUT2D eigenvalue weighted by Gasteiger charge is 2.45. The molecule has 0 aliphatic carbocycles.